The molecule has 1 unspecified atom stereocenters. The van der Waals surface area contributed by atoms with Gasteiger partial charge >= 0.3 is 0 Å². The summed E-state index contributed by atoms with van der Waals surface area (Å²) in [4.78, 5) is 8.32. The highest BCUT2D eigenvalue weighted by Gasteiger charge is 2.30. The molecule has 33 heavy (non-hydrogen) atoms. The minimum absolute atomic E-state index is 0.0533. The third kappa shape index (κ3) is 4.98. The second-order valence-corrected chi connectivity index (χ2v) is 11.8. The molecule has 1 aliphatic heterocycles. The highest BCUT2D eigenvalue weighted by atomic mass is 32.2. The van der Waals surface area contributed by atoms with Gasteiger partial charge in [-0.3, -0.25) is 4.98 Å². The number of nitrogens with one attached hydrogen (secondary N) is 1. The molecule has 176 valence electrons. The molecule has 0 spiro atoms. The van der Waals surface area contributed by atoms with E-state index < -0.39 is 26.1 Å². The van der Waals surface area contributed by atoms with Crippen LogP contribution in [0.3, 0.4) is 0 Å². The monoisotopic (exact) mass is 491 g/mol. The van der Waals surface area contributed by atoms with Gasteiger partial charge in [0.2, 0.25) is 31.8 Å². The van der Waals surface area contributed by atoms with Gasteiger partial charge in [0.15, 0.2) is 0 Å². The van der Waals surface area contributed by atoms with Crippen molar-refractivity contribution in [2.45, 2.75) is 42.5 Å². The molecule has 1 aromatic carbocycles. The van der Waals surface area contributed by atoms with Crippen LogP contribution in [0.4, 0.5) is 0 Å². The second kappa shape index (κ2) is 9.29. The van der Waals surface area contributed by atoms with E-state index in [1.54, 1.807) is 24.5 Å². The SMILES string of the molecule is CC(C)C(NS(=O)(=O)c1ccc(S(=O)(=O)N2CCCC2)cc1)c1nc(-c2ccncc2)no1. The van der Waals surface area contributed by atoms with E-state index in [4.69, 9.17) is 4.52 Å². The Balaban J connectivity index is 1.56. The summed E-state index contributed by atoms with van der Waals surface area (Å²) < 4.78 is 60.9. The van der Waals surface area contributed by atoms with E-state index in [1.807, 2.05) is 13.8 Å². The standard InChI is InChI=1S/C21H25N5O5S2/c1-15(2)19(21-23-20(24-31-21)16-9-11-22-12-10-16)25-32(27,28)17-5-7-18(8-6-17)33(29,30)26-13-3-4-14-26/h5-12,15,19,25H,3-4,13-14H2,1-2H3. The largest absolute Gasteiger partial charge is 0.337 e. The molecule has 10 nitrogen and oxygen atoms in total. The third-order valence-electron chi connectivity index (χ3n) is 5.43. The topological polar surface area (TPSA) is 135 Å². The predicted molar refractivity (Wildman–Crippen MR) is 120 cm³/mol. The first kappa shape index (κ1) is 23.5. The van der Waals surface area contributed by atoms with Gasteiger partial charge in [0, 0.05) is 31.0 Å². The summed E-state index contributed by atoms with van der Waals surface area (Å²) >= 11 is 0. The van der Waals surface area contributed by atoms with Gasteiger partial charge in [-0.15, -0.1) is 0 Å². The lowest BCUT2D eigenvalue weighted by molar-refractivity contribution is 0.311. The van der Waals surface area contributed by atoms with Gasteiger partial charge < -0.3 is 4.52 Å². The van der Waals surface area contributed by atoms with Gasteiger partial charge in [0.1, 0.15) is 6.04 Å². The normalized spacial score (nSPS) is 16.3. The molecule has 0 amide bonds. The van der Waals surface area contributed by atoms with Gasteiger partial charge in [0.25, 0.3) is 0 Å². The molecule has 3 heterocycles. The van der Waals surface area contributed by atoms with Gasteiger partial charge in [-0.25, -0.2) is 16.8 Å². The van der Waals surface area contributed by atoms with Crippen molar-refractivity contribution >= 4 is 20.0 Å². The fourth-order valence-corrected chi connectivity index (χ4v) is 6.41. The van der Waals surface area contributed by atoms with Crippen LogP contribution in [0.25, 0.3) is 11.4 Å². The summed E-state index contributed by atoms with van der Waals surface area (Å²) in [6.07, 6.45) is 4.85. The first-order chi connectivity index (χ1) is 15.7. The van der Waals surface area contributed by atoms with Gasteiger partial charge in [-0.05, 0) is 55.2 Å². The van der Waals surface area contributed by atoms with Crippen LogP contribution >= 0.6 is 0 Å². The Kier molecular flexibility index (Phi) is 6.61. The summed E-state index contributed by atoms with van der Waals surface area (Å²) in [6.45, 7) is 4.61. The predicted octanol–water partition coefficient (Wildman–Crippen LogP) is 2.59. The molecule has 0 radical (unpaired) electrons. The zero-order valence-corrected chi connectivity index (χ0v) is 19.9. The molecule has 1 saturated heterocycles. The van der Waals surface area contributed by atoms with E-state index >= 15 is 0 Å². The van der Waals surface area contributed by atoms with Crippen LogP contribution in [-0.2, 0) is 20.0 Å². The lowest BCUT2D eigenvalue weighted by Crippen LogP contribution is -2.32. The molecular formula is C21H25N5O5S2. The van der Waals surface area contributed by atoms with Crippen LogP contribution in [0, 0.1) is 5.92 Å². The Morgan fingerprint density at radius 2 is 1.55 bits per heavy atom. The average Bonchev–Trinajstić information content (AvgIpc) is 3.51. The molecule has 0 saturated carbocycles. The summed E-state index contributed by atoms with van der Waals surface area (Å²) in [6, 6.07) is 7.90. The number of rotatable bonds is 8. The fraction of sp³-hybridized carbons (Fsp3) is 0.381. The smallest absolute Gasteiger partial charge is 0.245 e. The molecular weight excluding hydrogens is 466 g/mol. The molecule has 1 aliphatic rings. The molecule has 0 aliphatic carbocycles. The number of aromatic nitrogens is 3. The number of nitrogens with zero attached hydrogens (tertiary/aromatic N) is 4. The van der Waals surface area contributed by atoms with Crippen molar-refractivity contribution in [1.82, 2.24) is 24.2 Å². The van der Waals surface area contributed by atoms with Crippen molar-refractivity contribution in [2.24, 2.45) is 5.92 Å². The Hall–Kier alpha value is -2.67. The maximum absolute atomic E-state index is 13.0. The highest BCUT2D eigenvalue weighted by molar-refractivity contribution is 7.89. The third-order valence-corrected chi connectivity index (χ3v) is 8.80. The Labute approximate surface area is 193 Å². The van der Waals surface area contributed by atoms with Crippen LogP contribution in [0.15, 0.2) is 63.1 Å². The molecule has 1 N–H and O–H groups in total. The van der Waals surface area contributed by atoms with Crippen LogP contribution < -0.4 is 4.72 Å². The maximum atomic E-state index is 13.0. The number of pyridine rings is 1. The molecule has 2 aromatic heterocycles. The summed E-state index contributed by atoms with van der Waals surface area (Å²) in [7, 11) is -7.61. The first-order valence-electron chi connectivity index (χ1n) is 10.5. The van der Waals surface area contributed by atoms with Gasteiger partial charge in [-0.1, -0.05) is 19.0 Å². The van der Waals surface area contributed by atoms with Gasteiger partial charge in [0.05, 0.1) is 9.79 Å². The molecule has 1 fully saturated rings. The number of sulfonamides is 2. The Morgan fingerprint density at radius 1 is 0.939 bits per heavy atom. The van der Waals surface area contributed by atoms with Crippen molar-refractivity contribution in [2.75, 3.05) is 13.1 Å². The van der Waals surface area contributed by atoms with Crippen molar-refractivity contribution in [3.05, 3.63) is 54.7 Å². The van der Waals surface area contributed by atoms with Crippen molar-refractivity contribution in [3.63, 3.8) is 0 Å². The molecule has 3 aromatic rings. The Bertz CT molecular complexity index is 1300. The fourth-order valence-electron chi connectivity index (χ4n) is 3.55. The number of hydrogen-bond acceptors (Lipinski definition) is 8. The minimum Gasteiger partial charge on any atom is -0.337 e. The minimum atomic E-state index is -3.99. The van der Waals surface area contributed by atoms with Gasteiger partial charge in [-0.2, -0.15) is 14.0 Å². The van der Waals surface area contributed by atoms with E-state index in [0.29, 0.717) is 24.5 Å². The zero-order chi connectivity index (χ0) is 23.6. The highest BCUT2D eigenvalue weighted by Crippen LogP contribution is 2.27. The zero-order valence-electron chi connectivity index (χ0n) is 18.2. The lowest BCUT2D eigenvalue weighted by atomic mass is 10.1. The number of hydrogen-bond donors (Lipinski definition) is 1. The van der Waals surface area contributed by atoms with Crippen LogP contribution in [0.5, 0.6) is 0 Å². The number of benzene rings is 1. The van der Waals surface area contributed by atoms with Crippen LogP contribution in [-0.4, -0.2) is 49.4 Å². The maximum Gasteiger partial charge on any atom is 0.245 e. The summed E-state index contributed by atoms with van der Waals surface area (Å²) in [5.41, 5.74) is 0.695. The molecule has 1 atom stereocenters. The second-order valence-electron chi connectivity index (χ2n) is 8.12. The summed E-state index contributed by atoms with van der Waals surface area (Å²) in [5, 5.41) is 3.95. The lowest BCUT2D eigenvalue weighted by Gasteiger charge is -2.19. The molecule has 0 bridgehead atoms. The van der Waals surface area contributed by atoms with E-state index in [0.717, 1.165) is 12.8 Å². The molecule has 4 rings (SSSR count). The van der Waals surface area contributed by atoms with E-state index in [9.17, 15) is 16.8 Å². The summed E-state index contributed by atoms with van der Waals surface area (Å²) in [5.74, 6) is 0.266. The van der Waals surface area contributed by atoms with Crippen LogP contribution in [0.2, 0.25) is 0 Å². The van der Waals surface area contributed by atoms with E-state index in [2.05, 4.69) is 19.8 Å². The average molecular weight is 492 g/mol. The van der Waals surface area contributed by atoms with Crippen molar-refractivity contribution < 1.29 is 21.4 Å². The first-order valence-corrected chi connectivity index (χ1v) is 13.5. The van der Waals surface area contributed by atoms with Crippen molar-refractivity contribution in [1.29, 1.82) is 0 Å². The quantitative estimate of drug-likeness (QED) is 0.508. The van der Waals surface area contributed by atoms with Crippen LogP contribution in [0.1, 0.15) is 38.6 Å². The van der Waals surface area contributed by atoms with E-state index in [1.165, 1.54) is 28.6 Å². The van der Waals surface area contributed by atoms with Crippen molar-refractivity contribution in [3.8, 4) is 11.4 Å². The molecule has 12 heteroatoms. The Morgan fingerprint density at radius 3 is 2.15 bits per heavy atom. The van der Waals surface area contributed by atoms with E-state index in [-0.39, 0.29) is 21.6 Å².